The van der Waals surface area contributed by atoms with Gasteiger partial charge in [0, 0.05) is 24.3 Å². The summed E-state index contributed by atoms with van der Waals surface area (Å²) in [6, 6.07) is 6.07. The first-order chi connectivity index (χ1) is 13.7. The summed E-state index contributed by atoms with van der Waals surface area (Å²) in [6.07, 6.45) is 4.76. The van der Waals surface area contributed by atoms with Crippen LogP contribution in [0, 0.1) is 5.92 Å². The van der Waals surface area contributed by atoms with E-state index in [9.17, 15) is 9.59 Å². The van der Waals surface area contributed by atoms with Gasteiger partial charge < -0.3 is 14.8 Å². The van der Waals surface area contributed by atoms with Gasteiger partial charge in [-0.05, 0) is 49.8 Å². The molecule has 28 heavy (non-hydrogen) atoms. The number of urea groups is 1. The summed E-state index contributed by atoms with van der Waals surface area (Å²) >= 11 is 1.41. The fraction of sp³-hybridized carbons (Fsp3) is 0.450. The van der Waals surface area contributed by atoms with Crippen LogP contribution in [0.1, 0.15) is 36.2 Å². The first-order valence-electron chi connectivity index (χ1n) is 9.55. The molecule has 3 heterocycles. The molecule has 1 aromatic carbocycles. The van der Waals surface area contributed by atoms with Crippen LogP contribution in [-0.2, 0) is 16.0 Å². The molecule has 0 bridgehead atoms. The van der Waals surface area contributed by atoms with Crippen LogP contribution in [0.2, 0.25) is 0 Å². The lowest BCUT2D eigenvalue weighted by molar-refractivity contribution is -0.118. The lowest BCUT2D eigenvalue weighted by Gasteiger charge is -2.20. The Morgan fingerprint density at radius 2 is 2.00 bits per heavy atom. The summed E-state index contributed by atoms with van der Waals surface area (Å²) in [7, 11) is 0. The number of amides is 3. The molecule has 0 saturated carbocycles. The van der Waals surface area contributed by atoms with Crippen LogP contribution in [-0.4, -0.2) is 36.7 Å². The van der Waals surface area contributed by atoms with Crippen LogP contribution in [0.15, 0.2) is 30.5 Å². The molecular formula is C20H23N3O4S. The van der Waals surface area contributed by atoms with E-state index in [2.05, 4.69) is 10.3 Å². The van der Waals surface area contributed by atoms with Gasteiger partial charge in [0.1, 0.15) is 11.8 Å². The number of rotatable bonds is 6. The van der Waals surface area contributed by atoms with Gasteiger partial charge in [0.05, 0.1) is 6.61 Å². The van der Waals surface area contributed by atoms with E-state index in [0.717, 1.165) is 53.6 Å². The van der Waals surface area contributed by atoms with E-state index in [1.807, 2.05) is 6.92 Å². The minimum absolute atomic E-state index is 0.305. The highest BCUT2D eigenvalue weighted by Gasteiger charge is 2.41. The maximum absolute atomic E-state index is 12.9. The van der Waals surface area contributed by atoms with Crippen molar-refractivity contribution in [3.05, 3.63) is 40.9 Å². The van der Waals surface area contributed by atoms with Crippen LogP contribution in [0.5, 0.6) is 5.75 Å². The van der Waals surface area contributed by atoms with Crippen molar-refractivity contribution >= 4 is 28.4 Å². The average Bonchev–Trinajstić information content (AvgIpc) is 3.27. The first-order valence-corrected chi connectivity index (χ1v) is 10.4. The molecule has 2 saturated heterocycles. The first kappa shape index (κ1) is 18.9. The smallest absolute Gasteiger partial charge is 0.331 e. The summed E-state index contributed by atoms with van der Waals surface area (Å²) in [5.41, 5.74) is 0.725. The normalized spacial score (nSPS) is 20.5. The van der Waals surface area contributed by atoms with E-state index in [-0.39, 0.29) is 5.91 Å². The van der Waals surface area contributed by atoms with Crippen LogP contribution < -0.4 is 15.0 Å². The number of carbonyl (C=O) groups excluding carboxylic acids is 2. The molecule has 1 aromatic heterocycles. The number of imide groups is 1. The van der Waals surface area contributed by atoms with Crippen molar-refractivity contribution in [3.8, 4) is 5.75 Å². The topological polar surface area (TPSA) is 80.8 Å². The highest BCUT2D eigenvalue weighted by molar-refractivity contribution is 7.16. The maximum Gasteiger partial charge on any atom is 0.331 e. The molecule has 2 aliphatic heterocycles. The van der Waals surface area contributed by atoms with Gasteiger partial charge in [-0.15, -0.1) is 11.3 Å². The molecule has 1 unspecified atom stereocenters. The third-order valence-electron chi connectivity index (χ3n) is 5.03. The standard InChI is InChI=1S/C20H23N3O4S/c1-2-27-15-5-3-14(4-6-15)17-18(24)23(19(25)22-17)20-21-12-16(28-20)11-13-7-9-26-10-8-13/h3-6,12-13,17H,2,7-11H2,1H3,(H,22,25). The number of ether oxygens (including phenoxy) is 2. The van der Waals surface area contributed by atoms with Crippen molar-refractivity contribution in [2.24, 2.45) is 5.92 Å². The molecule has 7 nitrogen and oxygen atoms in total. The second-order valence-electron chi connectivity index (χ2n) is 6.93. The molecule has 2 fully saturated rings. The predicted molar refractivity (Wildman–Crippen MR) is 106 cm³/mol. The van der Waals surface area contributed by atoms with Gasteiger partial charge in [0.15, 0.2) is 0 Å². The molecule has 8 heteroatoms. The molecule has 4 rings (SSSR count). The second-order valence-corrected chi connectivity index (χ2v) is 8.02. The van der Waals surface area contributed by atoms with Crippen LogP contribution in [0.25, 0.3) is 0 Å². The molecule has 3 amide bonds. The zero-order chi connectivity index (χ0) is 19.5. The highest BCUT2D eigenvalue weighted by Crippen LogP contribution is 2.32. The maximum atomic E-state index is 12.9. The number of nitrogens with one attached hydrogen (secondary N) is 1. The molecule has 2 aromatic rings. The van der Waals surface area contributed by atoms with E-state index >= 15 is 0 Å². The van der Waals surface area contributed by atoms with Crippen LogP contribution in [0.4, 0.5) is 9.93 Å². The lowest BCUT2D eigenvalue weighted by atomic mass is 9.96. The Morgan fingerprint density at radius 3 is 2.71 bits per heavy atom. The summed E-state index contributed by atoms with van der Waals surface area (Å²) in [6.45, 7) is 4.09. The number of benzene rings is 1. The van der Waals surface area contributed by atoms with Crippen molar-refractivity contribution < 1.29 is 19.1 Å². The van der Waals surface area contributed by atoms with Gasteiger partial charge >= 0.3 is 6.03 Å². The second kappa shape index (κ2) is 8.28. The Hall–Kier alpha value is -2.45. The molecular weight excluding hydrogens is 378 g/mol. The van der Waals surface area contributed by atoms with E-state index in [4.69, 9.17) is 9.47 Å². The van der Waals surface area contributed by atoms with Crippen molar-refractivity contribution in [2.75, 3.05) is 24.7 Å². The highest BCUT2D eigenvalue weighted by atomic mass is 32.1. The Labute approximate surface area is 167 Å². The molecule has 2 aliphatic rings. The zero-order valence-corrected chi connectivity index (χ0v) is 16.5. The number of carbonyl (C=O) groups is 2. The van der Waals surface area contributed by atoms with Gasteiger partial charge in [0.2, 0.25) is 5.13 Å². The van der Waals surface area contributed by atoms with Gasteiger partial charge in [0.25, 0.3) is 5.91 Å². The molecule has 1 N–H and O–H groups in total. The number of thiazole rings is 1. The van der Waals surface area contributed by atoms with Gasteiger partial charge in [-0.25, -0.2) is 14.7 Å². The quantitative estimate of drug-likeness (QED) is 0.751. The average molecular weight is 401 g/mol. The Morgan fingerprint density at radius 1 is 1.25 bits per heavy atom. The zero-order valence-electron chi connectivity index (χ0n) is 15.7. The fourth-order valence-corrected chi connectivity index (χ4v) is 4.57. The summed E-state index contributed by atoms with van der Waals surface area (Å²) in [5.74, 6) is 1.00. The Kier molecular flexibility index (Phi) is 5.59. The van der Waals surface area contributed by atoms with Gasteiger partial charge in [-0.2, -0.15) is 0 Å². The third kappa shape index (κ3) is 3.88. The number of hydrogen-bond acceptors (Lipinski definition) is 6. The van der Waals surface area contributed by atoms with Gasteiger partial charge in [-0.3, -0.25) is 4.79 Å². The third-order valence-corrected chi connectivity index (χ3v) is 6.03. The van der Waals surface area contributed by atoms with Crippen molar-refractivity contribution in [3.63, 3.8) is 0 Å². The summed E-state index contributed by atoms with van der Waals surface area (Å²) in [4.78, 5) is 31.9. The van der Waals surface area contributed by atoms with E-state index in [0.29, 0.717) is 17.7 Å². The molecule has 1 atom stereocenters. The number of nitrogens with zero attached hydrogens (tertiary/aromatic N) is 2. The monoisotopic (exact) mass is 401 g/mol. The fourth-order valence-electron chi connectivity index (χ4n) is 3.54. The van der Waals surface area contributed by atoms with Crippen LogP contribution in [0.3, 0.4) is 0 Å². The number of anilines is 1. The van der Waals surface area contributed by atoms with Crippen molar-refractivity contribution in [1.29, 1.82) is 0 Å². The van der Waals surface area contributed by atoms with Crippen molar-refractivity contribution in [2.45, 2.75) is 32.2 Å². The molecule has 0 aliphatic carbocycles. The van der Waals surface area contributed by atoms with E-state index in [1.165, 1.54) is 11.3 Å². The number of aromatic nitrogens is 1. The largest absolute Gasteiger partial charge is 0.494 e. The van der Waals surface area contributed by atoms with E-state index in [1.54, 1.807) is 30.5 Å². The summed E-state index contributed by atoms with van der Waals surface area (Å²) < 4.78 is 10.8. The minimum atomic E-state index is -0.703. The summed E-state index contributed by atoms with van der Waals surface area (Å²) in [5, 5.41) is 3.19. The lowest BCUT2D eigenvalue weighted by Crippen LogP contribution is -2.30. The van der Waals surface area contributed by atoms with E-state index < -0.39 is 12.1 Å². The molecule has 148 valence electrons. The minimum Gasteiger partial charge on any atom is -0.494 e. The van der Waals surface area contributed by atoms with Crippen LogP contribution >= 0.6 is 11.3 Å². The molecule has 0 spiro atoms. The Balaban J connectivity index is 1.46. The SMILES string of the molecule is CCOc1ccc(C2NC(=O)N(c3ncc(CC4CCOCC4)s3)C2=O)cc1. The predicted octanol–water partition coefficient (Wildman–Crippen LogP) is 3.31. The van der Waals surface area contributed by atoms with Gasteiger partial charge in [-0.1, -0.05) is 12.1 Å². The Bertz CT molecular complexity index is 845. The molecule has 0 radical (unpaired) electrons. The van der Waals surface area contributed by atoms with Crippen molar-refractivity contribution in [1.82, 2.24) is 10.3 Å². The number of hydrogen-bond donors (Lipinski definition) is 1.